The van der Waals surface area contributed by atoms with Crippen LogP contribution in [0.15, 0.2) is 0 Å². The number of hydrogen-bond acceptors (Lipinski definition) is 4. The molecule has 2 N–H and O–H groups in total. The minimum absolute atomic E-state index is 0.00751. The molecule has 0 aliphatic heterocycles. The predicted octanol–water partition coefficient (Wildman–Crippen LogP) is 0.105. The van der Waals surface area contributed by atoms with Crippen molar-refractivity contribution < 1.29 is 18.3 Å². The van der Waals surface area contributed by atoms with Gasteiger partial charge in [-0.1, -0.05) is 0 Å². The molecule has 1 aliphatic rings. The number of sulfonamides is 1. The van der Waals surface area contributed by atoms with Gasteiger partial charge in [-0.25, -0.2) is 13.1 Å². The second-order valence-corrected chi connectivity index (χ2v) is 6.09. The molecule has 0 saturated heterocycles. The van der Waals surface area contributed by atoms with Crippen LogP contribution in [-0.2, 0) is 14.8 Å². The highest BCUT2D eigenvalue weighted by Gasteiger charge is 2.20. The minimum atomic E-state index is -3.20. The summed E-state index contributed by atoms with van der Waals surface area (Å²) in [6.45, 7) is 1.75. The molecule has 0 unspecified atom stereocenters. The standard InChI is InChI=1S/C10H21NO4S/c12-6-2-8-16(13,14)11-5-1-7-15-9-10-3-4-10/h10-12H,1-9H2. The first-order valence-corrected chi connectivity index (χ1v) is 7.45. The van der Waals surface area contributed by atoms with E-state index in [-0.39, 0.29) is 18.8 Å². The Morgan fingerprint density at radius 1 is 1.31 bits per heavy atom. The Hall–Kier alpha value is -0.170. The van der Waals surface area contributed by atoms with Crippen molar-refractivity contribution in [2.45, 2.75) is 25.7 Å². The topological polar surface area (TPSA) is 75.6 Å². The molecule has 0 aromatic rings. The Labute approximate surface area is 97.2 Å². The highest BCUT2D eigenvalue weighted by atomic mass is 32.2. The summed E-state index contributed by atoms with van der Waals surface area (Å²) in [6.07, 6.45) is 3.53. The molecule has 16 heavy (non-hydrogen) atoms. The van der Waals surface area contributed by atoms with Gasteiger partial charge in [-0.2, -0.15) is 0 Å². The van der Waals surface area contributed by atoms with Gasteiger partial charge < -0.3 is 9.84 Å². The average Bonchev–Trinajstić information content (AvgIpc) is 3.04. The van der Waals surface area contributed by atoms with Crippen LogP contribution in [-0.4, -0.2) is 45.6 Å². The lowest BCUT2D eigenvalue weighted by atomic mass is 10.4. The van der Waals surface area contributed by atoms with Crippen LogP contribution in [0.4, 0.5) is 0 Å². The Balaban J connectivity index is 1.92. The third kappa shape index (κ3) is 7.16. The van der Waals surface area contributed by atoms with Crippen LogP contribution in [0.2, 0.25) is 0 Å². The lowest BCUT2D eigenvalue weighted by Crippen LogP contribution is -2.28. The van der Waals surface area contributed by atoms with E-state index in [0.717, 1.165) is 12.5 Å². The van der Waals surface area contributed by atoms with Gasteiger partial charge in [-0.15, -0.1) is 0 Å². The summed E-state index contributed by atoms with van der Waals surface area (Å²) in [6, 6.07) is 0. The largest absolute Gasteiger partial charge is 0.396 e. The number of ether oxygens (including phenoxy) is 1. The second kappa shape index (κ2) is 7.21. The van der Waals surface area contributed by atoms with E-state index in [4.69, 9.17) is 9.84 Å². The molecule has 0 radical (unpaired) electrons. The lowest BCUT2D eigenvalue weighted by Gasteiger charge is -2.06. The molecule has 0 amide bonds. The molecule has 1 saturated carbocycles. The summed E-state index contributed by atoms with van der Waals surface area (Å²) in [5.74, 6) is 0.744. The Morgan fingerprint density at radius 2 is 2.06 bits per heavy atom. The first-order chi connectivity index (χ1) is 7.64. The van der Waals surface area contributed by atoms with Gasteiger partial charge in [0.1, 0.15) is 0 Å². The third-order valence-corrected chi connectivity index (χ3v) is 3.88. The van der Waals surface area contributed by atoms with E-state index in [9.17, 15) is 8.42 Å². The monoisotopic (exact) mass is 251 g/mol. The van der Waals surface area contributed by atoms with Gasteiger partial charge in [-0.3, -0.25) is 0 Å². The van der Waals surface area contributed by atoms with Gasteiger partial charge in [0.15, 0.2) is 0 Å². The minimum Gasteiger partial charge on any atom is -0.396 e. The fraction of sp³-hybridized carbons (Fsp3) is 1.00. The molecule has 0 bridgehead atoms. The van der Waals surface area contributed by atoms with E-state index in [1.807, 2.05) is 0 Å². The van der Waals surface area contributed by atoms with Crippen LogP contribution in [0, 0.1) is 5.92 Å². The Bertz CT molecular complexity index is 275. The number of aliphatic hydroxyl groups is 1. The number of nitrogens with one attached hydrogen (secondary N) is 1. The summed E-state index contributed by atoms with van der Waals surface area (Å²) in [5, 5.41) is 8.52. The van der Waals surface area contributed by atoms with Crippen molar-refractivity contribution >= 4 is 10.0 Å². The van der Waals surface area contributed by atoms with E-state index in [0.29, 0.717) is 19.6 Å². The fourth-order valence-corrected chi connectivity index (χ4v) is 2.37. The molecule has 1 rings (SSSR count). The molecule has 96 valence electrons. The maximum absolute atomic E-state index is 11.3. The van der Waals surface area contributed by atoms with Crippen LogP contribution in [0.3, 0.4) is 0 Å². The number of hydrogen-bond donors (Lipinski definition) is 2. The SMILES string of the molecule is O=S(=O)(CCCO)NCCCOCC1CC1. The zero-order valence-corrected chi connectivity index (χ0v) is 10.3. The van der Waals surface area contributed by atoms with Crippen molar-refractivity contribution in [2.75, 3.05) is 32.1 Å². The molecular weight excluding hydrogens is 230 g/mol. The van der Waals surface area contributed by atoms with Crippen molar-refractivity contribution in [3.05, 3.63) is 0 Å². The summed E-state index contributed by atoms with van der Waals surface area (Å²) >= 11 is 0. The summed E-state index contributed by atoms with van der Waals surface area (Å²) < 4.78 is 30.4. The van der Waals surface area contributed by atoms with Crippen molar-refractivity contribution in [3.63, 3.8) is 0 Å². The van der Waals surface area contributed by atoms with Gasteiger partial charge in [0, 0.05) is 26.4 Å². The van der Waals surface area contributed by atoms with Gasteiger partial charge in [0.05, 0.1) is 5.75 Å². The van der Waals surface area contributed by atoms with Crippen LogP contribution >= 0.6 is 0 Å². The zero-order chi connectivity index (χ0) is 11.9. The van der Waals surface area contributed by atoms with Crippen molar-refractivity contribution in [1.82, 2.24) is 4.72 Å². The van der Waals surface area contributed by atoms with Gasteiger partial charge in [0.2, 0.25) is 10.0 Å². The molecule has 5 nitrogen and oxygen atoms in total. The van der Waals surface area contributed by atoms with Crippen LogP contribution in [0.5, 0.6) is 0 Å². The summed E-state index contributed by atoms with van der Waals surface area (Å²) in [4.78, 5) is 0. The molecule has 6 heteroatoms. The third-order valence-electron chi connectivity index (χ3n) is 2.41. The Kier molecular flexibility index (Phi) is 6.26. The quantitative estimate of drug-likeness (QED) is 0.540. The maximum Gasteiger partial charge on any atom is 0.211 e. The Morgan fingerprint density at radius 3 is 2.69 bits per heavy atom. The van der Waals surface area contributed by atoms with Crippen LogP contribution < -0.4 is 4.72 Å². The molecule has 0 spiro atoms. The normalized spacial score (nSPS) is 16.6. The first kappa shape index (κ1) is 13.9. The van der Waals surface area contributed by atoms with Gasteiger partial charge in [-0.05, 0) is 31.6 Å². The van der Waals surface area contributed by atoms with Crippen LogP contribution in [0.1, 0.15) is 25.7 Å². The van der Waals surface area contributed by atoms with E-state index in [1.54, 1.807) is 0 Å². The van der Waals surface area contributed by atoms with Crippen molar-refractivity contribution in [3.8, 4) is 0 Å². The average molecular weight is 251 g/mol. The van der Waals surface area contributed by atoms with E-state index >= 15 is 0 Å². The fourth-order valence-electron chi connectivity index (χ4n) is 1.26. The molecule has 0 aromatic carbocycles. The van der Waals surface area contributed by atoms with Crippen molar-refractivity contribution in [2.24, 2.45) is 5.92 Å². The molecule has 1 fully saturated rings. The van der Waals surface area contributed by atoms with Gasteiger partial charge in [0.25, 0.3) is 0 Å². The van der Waals surface area contributed by atoms with E-state index in [2.05, 4.69) is 4.72 Å². The highest BCUT2D eigenvalue weighted by Crippen LogP contribution is 2.28. The molecule has 1 aliphatic carbocycles. The maximum atomic E-state index is 11.3. The molecule has 0 heterocycles. The number of rotatable bonds is 10. The lowest BCUT2D eigenvalue weighted by molar-refractivity contribution is 0.123. The predicted molar refractivity (Wildman–Crippen MR) is 61.7 cm³/mol. The number of aliphatic hydroxyl groups excluding tert-OH is 1. The molecule has 0 atom stereocenters. The molecule has 0 aromatic heterocycles. The first-order valence-electron chi connectivity index (χ1n) is 5.80. The van der Waals surface area contributed by atoms with E-state index < -0.39 is 10.0 Å². The summed E-state index contributed by atoms with van der Waals surface area (Å²) in [5.41, 5.74) is 0. The smallest absolute Gasteiger partial charge is 0.211 e. The second-order valence-electron chi connectivity index (χ2n) is 4.16. The molecular formula is C10H21NO4S. The van der Waals surface area contributed by atoms with Crippen LogP contribution in [0.25, 0.3) is 0 Å². The van der Waals surface area contributed by atoms with Crippen molar-refractivity contribution in [1.29, 1.82) is 0 Å². The summed E-state index contributed by atoms with van der Waals surface area (Å²) in [7, 11) is -3.20. The zero-order valence-electron chi connectivity index (χ0n) is 9.52. The highest BCUT2D eigenvalue weighted by molar-refractivity contribution is 7.89. The van der Waals surface area contributed by atoms with E-state index in [1.165, 1.54) is 12.8 Å². The van der Waals surface area contributed by atoms with Gasteiger partial charge >= 0.3 is 0 Å².